The second kappa shape index (κ2) is 6.72. The number of amides is 1. The molecule has 19 heavy (non-hydrogen) atoms. The van der Waals surface area contributed by atoms with Gasteiger partial charge in [0, 0.05) is 25.8 Å². The minimum Gasteiger partial charge on any atom is -0.382 e. The van der Waals surface area contributed by atoms with E-state index >= 15 is 0 Å². The summed E-state index contributed by atoms with van der Waals surface area (Å²) in [7, 11) is 0. The summed E-state index contributed by atoms with van der Waals surface area (Å²) in [6.45, 7) is 4.30. The maximum absolute atomic E-state index is 12.1. The van der Waals surface area contributed by atoms with Gasteiger partial charge >= 0.3 is 0 Å². The van der Waals surface area contributed by atoms with Gasteiger partial charge < -0.3 is 21.1 Å². The van der Waals surface area contributed by atoms with E-state index in [4.69, 9.17) is 10.5 Å². The van der Waals surface area contributed by atoms with Crippen LogP contribution in [0, 0.1) is 0 Å². The number of nitrogens with two attached hydrogens (primary N) is 1. The van der Waals surface area contributed by atoms with Crippen molar-refractivity contribution in [3.05, 3.63) is 4.88 Å². The van der Waals surface area contributed by atoms with Crippen molar-refractivity contribution >= 4 is 28.2 Å². The van der Waals surface area contributed by atoms with Gasteiger partial charge in [0.25, 0.3) is 5.91 Å². The van der Waals surface area contributed by atoms with Crippen molar-refractivity contribution in [2.45, 2.75) is 32.2 Å². The van der Waals surface area contributed by atoms with Crippen molar-refractivity contribution in [1.82, 2.24) is 10.3 Å². The predicted molar refractivity (Wildman–Crippen MR) is 76.6 cm³/mol. The molecule has 0 aliphatic carbocycles. The number of rotatable bonds is 5. The second-order valence-electron chi connectivity index (χ2n) is 4.52. The molecular weight excluding hydrogens is 264 g/mol. The molecule has 1 fully saturated rings. The van der Waals surface area contributed by atoms with Crippen LogP contribution in [-0.4, -0.2) is 36.7 Å². The van der Waals surface area contributed by atoms with Crippen molar-refractivity contribution < 1.29 is 9.53 Å². The fourth-order valence-corrected chi connectivity index (χ4v) is 2.71. The molecule has 4 N–H and O–H groups in total. The quantitative estimate of drug-likeness (QED) is 0.761. The normalized spacial score (nSPS) is 16.3. The third kappa shape index (κ3) is 3.81. The lowest BCUT2D eigenvalue weighted by molar-refractivity contribution is 0.0698. The van der Waals surface area contributed by atoms with E-state index in [1.807, 2.05) is 0 Å². The number of thiazole rings is 1. The predicted octanol–water partition coefficient (Wildman–Crippen LogP) is 1.46. The molecule has 1 saturated heterocycles. The summed E-state index contributed by atoms with van der Waals surface area (Å²) in [5, 5.41) is 6.84. The minimum absolute atomic E-state index is 0.133. The Bertz CT molecular complexity index is 429. The zero-order valence-electron chi connectivity index (χ0n) is 11.1. The van der Waals surface area contributed by atoms with Crippen LogP contribution in [0.25, 0.3) is 0 Å². The molecule has 0 spiro atoms. The average Bonchev–Trinajstić information content (AvgIpc) is 2.79. The Balaban J connectivity index is 1.95. The van der Waals surface area contributed by atoms with E-state index in [0.29, 0.717) is 29.0 Å². The SMILES string of the molecule is CCCNc1nc(N)c(C(=O)NC2CCOCC2)s1. The molecule has 0 unspecified atom stereocenters. The molecule has 0 aromatic carbocycles. The van der Waals surface area contributed by atoms with Gasteiger partial charge in [0.2, 0.25) is 0 Å². The molecular formula is C12H20N4O2S. The Morgan fingerprint density at radius 2 is 2.26 bits per heavy atom. The molecule has 0 saturated carbocycles. The number of hydrogen-bond donors (Lipinski definition) is 3. The van der Waals surface area contributed by atoms with Crippen LogP contribution in [0.3, 0.4) is 0 Å². The Morgan fingerprint density at radius 3 is 2.95 bits per heavy atom. The number of ether oxygens (including phenoxy) is 1. The Kier molecular flexibility index (Phi) is 4.98. The summed E-state index contributed by atoms with van der Waals surface area (Å²) >= 11 is 1.31. The summed E-state index contributed by atoms with van der Waals surface area (Å²) in [6, 6.07) is 0.176. The van der Waals surface area contributed by atoms with Gasteiger partial charge in [-0.2, -0.15) is 0 Å². The monoisotopic (exact) mass is 284 g/mol. The molecule has 1 aromatic heterocycles. The second-order valence-corrected chi connectivity index (χ2v) is 5.52. The van der Waals surface area contributed by atoms with Crippen LogP contribution < -0.4 is 16.4 Å². The molecule has 0 bridgehead atoms. The Morgan fingerprint density at radius 1 is 1.53 bits per heavy atom. The van der Waals surface area contributed by atoms with Crippen LogP contribution >= 0.6 is 11.3 Å². The number of hydrogen-bond acceptors (Lipinski definition) is 6. The topological polar surface area (TPSA) is 89.3 Å². The summed E-state index contributed by atoms with van der Waals surface area (Å²) in [5.41, 5.74) is 5.79. The lowest BCUT2D eigenvalue weighted by Gasteiger charge is -2.22. The van der Waals surface area contributed by atoms with Gasteiger partial charge in [-0.25, -0.2) is 4.98 Å². The van der Waals surface area contributed by atoms with E-state index in [2.05, 4.69) is 22.5 Å². The highest BCUT2D eigenvalue weighted by Crippen LogP contribution is 2.25. The molecule has 6 nitrogen and oxygen atoms in total. The zero-order chi connectivity index (χ0) is 13.7. The van der Waals surface area contributed by atoms with Crippen LogP contribution in [0.5, 0.6) is 0 Å². The van der Waals surface area contributed by atoms with E-state index < -0.39 is 0 Å². The molecule has 1 aliphatic rings. The fourth-order valence-electron chi connectivity index (χ4n) is 1.90. The summed E-state index contributed by atoms with van der Waals surface area (Å²) in [6.07, 6.45) is 2.71. The van der Waals surface area contributed by atoms with Crippen LogP contribution in [0.1, 0.15) is 35.9 Å². The van der Waals surface area contributed by atoms with Gasteiger partial charge in [0.05, 0.1) is 0 Å². The van der Waals surface area contributed by atoms with Gasteiger partial charge in [-0.15, -0.1) is 0 Å². The molecule has 2 heterocycles. The van der Waals surface area contributed by atoms with Crippen molar-refractivity contribution in [2.24, 2.45) is 0 Å². The molecule has 1 aromatic rings. The first kappa shape index (κ1) is 14.1. The minimum atomic E-state index is -0.133. The van der Waals surface area contributed by atoms with Crippen molar-refractivity contribution in [3.8, 4) is 0 Å². The number of nitrogens with zero attached hydrogens (tertiary/aromatic N) is 1. The zero-order valence-corrected chi connectivity index (χ0v) is 11.9. The van der Waals surface area contributed by atoms with Gasteiger partial charge in [-0.3, -0.25) is 4.79 Å². The van der Waals surface area contributed by atoms with Gasteiger partial charge in [-0.1, -0.05) is 18.3 Å². The van der Waals surface area contributed by atoms with E-state index in [-0.39, 0.29) is 11.9 Å². The number of nitrogens with one attached hydrogen (secondary N) is 2. The van der Waals surface area contributed by atoms with Crippen LogP contribution in [0.15, 0.2) is 0 Å². The average molecular weight is 284 g/mol. The lowest BCUT2D eigenvalue weighted by atomic mass is 10.1. The number of carbonyl (C=O) groups is 1. The van der Waals surface area contributed by atoms with E-state index in [9.17, 15) is 4.79 Å². The Labute approximate surface area is 116 Å². The molecule has 0 atom stereocenters. The number of carbonyl (C=O) groups excluding carboxylic acids is 1. The highest BCUT2D eigenvalue weighted by atomic mass is 32.1. The summed E-state index contributed by atoms with van der Waals surface area (Å²) in [5.74, 6) is 0.166. The van der Waals surface area contributed by atoms with Crippen molar-refractivity contribution in [3.63, 3.8) is 0 Å². The molecule has 0 radical (unpaired) electrons. The molecule has 106 valence electrons. The molecule has 7 heteroatoms. The van der Waals surface area contributed by atoms with Crippen LogP contribution in [0.4, 0.5) is 10.9 Å². The third-order valence-electron chi connectivity index (χ3n) is 2.94. The maximum Gasteiger partial charge on any atom is 0.265 e. The van der Waals surface area contributed by atoms with Crippen LogP contribution in [-0.2, 0) is 4.74 Å². The molecule has 2 rings (SSSR count). The van der Waals surface area contributed by atoms with Crippen molar-refractivity contribution in [2.75, 3.05) is 30.8 Å². The Hall–Kier alpha value is -1.34. The third-order valence-corrected chi connectivity index (χ3v) is 3.97. The number of anilines is 2. The van der Waals surface area contributed by atoms with E-state index in [1.165, 1.54) is 11.3 Å². The van der Waals surface area contributed by atoms with Crippen molar-refractivity contribution in [1.29, 1.82) is 0 Å². The molecule has 1 aliphatic heterocycles. The van der Waals surface area contributed by atoms with E-state index in [1.54, 1.807) is 0 Å². The smallest absolute Gasteiger partial charge is 0.265 e. The van der Waals surface area contributed by atoms with Gasteiger partial charge in [0.1, 0.15) is 10.7 Å². The number of aromatic nitrogens is 1. The van der Waals surface area contributed by atoms with Gasteiger partial charge in [0.15, 0.2) is 5.13 Å². The first-order chi connectivity index (χ1) is 9.20. The van der Waals surface area contributed by atoms with Gasteiger partial charge in [-0.05, 0) is 19.3 Å². The first-order valence-corrected chi connectivity index (χ1v) is 7.41. The highest BCUT2D eigenvalue weighted by molar-refractivity contribution is 7.18. The lowest BCUT2D eigenvalue weighted by Crippen LogP contribution is -2.38. The molecule has 1 amide bonds. The van der Waals surface area contributed by atoms with Crippen LogP contribution in [0.2, 0.25) is 0 Å². The highest BCUT2D eigenvalue weighted by Gasteiger charge is 2.21. The number of nitrogen functional groups attached to an aromatic ring is 1. The largest absolute Gasteiger partial charge is 0.382 e. The standard InChI is InChI=1S/C12H20N4O2S/c1-2-5-14-12-16-10(13)9(19-12)11(17)15-8-3-6-18-7-4-8/h8H,2-7,13H2,1H3,(H,14,16)(H,15,17). The summed E-state index contributed by atoms with van der Waals surface area (Å²) < 4.78 is 5.26. The maximum atomic E-state index is 12.1. The summed E-state index contributed by atoms with van der Waals surface area (Å²) in [4.78, 5) is 16.8. The van der Waals surface area contributed by atoms with E-state index in [0.717, 1.165) is 25.8 Å². The fraction of sp³-hybridized carbons (Fsp3) is 0.667. The first-order valence-electron chi connectivity index (χ1n) is 6.59.